The van der Waals surface area contributed by atoms with Gasteiger partial charge in [-0.25, -0.2) is 0 Å². The molecule has 102 valence electrons. The average Bonchev–Trinajstić information content (AvgIpc) is 2.76. The zero-order valence-electron chi connectivity index (χ0n) is 11.3. The fourth-order valence-electron chi connectivity index (χ4n) is 2.99. The van der Waals surface area contributed by atoms with Crippen LogP contribution in [0.5, 0.6) is 0 Å². The molecular weight excluding hydrogens is 248 g/mol. The minimum Gasteiger partial charge on any atom is -0.343 e. The summed E-state index contributed by atoms with van der Waals surface area (Å²) < 4.78 is 0. The van der Waals surface area contributed by atoms with E-state index in [0.717, 1.165) is 25.0 Å². The third-order valence-electron chi connectivity index (χ3n) is 3.93. The van der Waals surface area contributed by atoms with Gasteiger partial charge < -0.3 is 10.2 Å². The molecule has 2 amide bonds. The highest BCUT2D eigenvalue weighted by Gasteiger charge is 2.42. The van der Waals surface area contributed by atoms with Crippen LogP contribution in [-0.4, -0.2) is 45.8 Å². The minimum absolute atomic E-state index is 0.0197. The molecule has 4 nitrogen and oxygen atoms in total. The van der Waals surface area contributed by atoms with Crippen molar-refractivity contribution in [2.45, 2.75) is 63.4 Å². The SMILES string of the molecule is CCSC1CCC(N2C(=O)C(C)NC(=O)C2C)C1. The number of amides is 2. The highest BCUT2D eigenvalue weighted by atomic mass is 32.2. The average molecular weight is 270 g/mol. The van der Waals surface area contributed by atoms with Crippen molar-refractivity contribution in [2.75, 3.05) is 5.75 Å². The summed E-state index contributed by atoms with van der Waals surface area (Å²) in [6, 6.07) is -0.430. The molecule has 1 N–H and O–H groups in total. The highest BCUT2D eigenvalue weighted by Crippen LogP contribution is 2.34. The molecule has 4 atom stereocenters. The lowest BCUT2D eigenvalue weighted by Gasteiger charge is -2.40. The molecule has 1 aliphatic heterocycles. The first-order valence-electron chi connectivity index (χ1n) is 6.78. The molecule has 0 bridgehead atoms. The van der Waals surface area contributed by atoms with Gasteiger partial charge in [-0.05, 0) is 38.9 Å². The summed E-state index contributed by atoms with van der Waals surface area (Å²) >= 11 is 1.97. The number of carbonyl (C=O) groups excluding carboxylic acids is 2. The maximum absolute atomic E-state index is 12.2. The number of nitrogens with one attached hydrogen (secondary N) is 1. The fraction of sp³-hybridized carbons (Fsp3) is 0.846. The van der Waals surface area contributed by atoms with Crippen molar-refractivity contribution in [3.63, 3.8) is 0 Å². The second kappa shape index (κ2) is 5.51. The van der Waals surface area contributed by atoms with E-state index in [4.69, 9.17) is 0 Å². The number of piperazine rings is 1. The molecule has 1 saturated carbocycles. The molecule has 5 heteroatoms. The van der Waals surface area contributed by atoms with Gasteiger partial charge in [-0.1, -0.05) is 6.92 Å². The van der Waals surface area contributed by atoms with E-state index in [1.807, 2.05) is 23.6 Å². The maximum atomic E-state index is 12.2. The Morgan fingerprint density at radius 2 is 2.06 bits per heavy atom. The van der Waals surface area contributed by atoms with Gasteiger partial charge in [-0.3, -0.25) is 9.59 Å². The van der Waals surface area contributed by atoms with E-state index in [2.05, 4.69) is 12.2 Å². The predicted molar refractivity (Wildman–Crippen MR) is 73.5 cm³/mol. The first-order chi connectivity index (χ1) is 8.54. The Balaban J connectivity index is 2.06. The molecule has 0 aromatic carbocycles. The van der Waals surface area contributed by atoms with Gasteiger partial charge in [-0.2, -0.15) is 11.8 Å². The third-order valence-corrected chi connectivity index (χ3v) is 5.17. The second-order valence-corrected chi connectivity index (χ2v) is 6.77. The molecular formula is C13H22N2O2S. The predicted octanol–water partition coefficient (Wildman–Crippen LogP) is 1.40. The van der Waals surface area contributed by atoms with Crippen LogP contribution >= 0.6 is 11.8 Å². The zero-order chi connectivity index (χ0) is 13.3. The summed E-state index contributed by atoms with van der Waals surface area (Å²) in [4.78, 5) is 25.9. The summed E-state index contributed by atoms with van der Waals surface area (Å²) in [5.41, 5.74) is 0. The fourth-order valence-corrected chi connectivity index (χ4v) is 4.12. The molecule has 2 fully saturated rings. The van der Waals surface area contributed by atoms with E-state index in [-0.39, 0.29) is 29.9 Å². The van der Waals surface area contributed by atoms with E-state index < -0.39 is 0 Å². The lowest BCUT2D eigenvalue weighted by Crippen LogP contribution is -2.63. The topological polar surface area (TPSA) is 49.4 Å². The molecule has 4 unspecified atom stereocenters. The van der Waals surface area contributed by atoms with Gasteiger partial charge in [0.1, 0.15) is 12.1 Å². The second-order valence-electron chi connectivity index (χ2n) is 5.20. The van der Waals surface area contributed by atoms with Gasteiger partial charge in [0, 0.05) is 11.3 Å². The number of carbonyl (C=O) groups is 2. The first kappa shape index (κ1) is 13.7. The Morgan fingerprint density at radius 3 is 2.72 bits per heavy atom. The third kappa shape index (κ3) is 2.51. The summed E-state index contributed by atoms with van der Waals surface area (Å²) in [6.07, 6.45) is 3.23. The van der Waals surface area contributed by atoms with E-state index in [9.17, 15) is 9.59 Å². The van der Waals surface area contributed by atoms with E-state index in [1.165, 1.54) is 0 Å². The lowest BCUT2D eigenvalue weighted by atomic mass is 10.0. The van der Waals surface area contributed by atoms with Crippen LogP contribution in [0.15, 0.2) is 0 Å². The number of hydrogen-bond donors (Lipinski definition) is 1. The van der Waals surface area contributed by atoms with Crippen LogP contribution in [0.2, 0.25) is 0 Å². The van der Waals surface area contributed by atoms with E-state index in [0.29, 0.717) is 5.25 Å². The Labute approximate surface area is 113 Å². The molecule has 0 radical (unpaired) electrons. The largest absolute Gasteiger partial charge is 0.343 e. The summed E-state index contributed by atoms with van der Waals surface area (Å²) in [7, 11) is 0. The van der Waals surface area contributed by atoms with Crippen molar-refractivity contribution in [2.24, 2.45) is 0 Å². The van der Waals surface area contributed by atoms with Gasteiger partial charge in [0.05, 0.1) is 0 Å². The van der Waals surface area contributed by atoms with Crippen LogP contribution in [0.3, 0.4) is 0 Å². The summed E-state index contributed by atoms with van der Waals surface area (Å²) in [5.74, 6) is 1.18. The van der Waals surface area contributed by atoms with Crippen molar-refractivity contribution >= 4 is 23.6 Å². The Bertz CT molecular complexity index is 348. The molecule has 0 aromatic heterocycles. The number of thioether (sulfide) groups is 1. The van der Waals surface area contributed by atoms with Crippen LogP contribution < -0.4 is 5.32 Å². The number of nitrogens with zero attached hydrogens (tertiary/aromatic N) is 1. The van der Waals surface area contributed by atoms with Gasteiger partial charge in [-0.15, -0.1) is 0 Å². The number of hydrogen-bond acceptors (Lipinski definition) is 3. The molecule has 2 rings (SSSR count). The van der Waals surface area contributed by atoms with Gasteiger partial charge >= 0.3 is 0 Å². The van der Waals surface area contributed by atoms with Crippen molar-refractivity contribution in [1.29, 1.82) is 0 Å². The molecule has 18 heavy (non-hydrogen) atoms. The zero-order valence-corrected chi connectivity index (χ0v) is 12.1. The smallest absolute Gasteiger partial charge is 0.245 e. The van der Waals surface area contributed by atoms with Crippen LogP contribution in [0.4, 0.5) is 0 Å². The highest BCUT2D eigenvalue weighted by molar-refractivity contribution is 7.99. The van der Waals surface area contributed by atoms with Crippen molar-refractivity contribution < 1.29 is 9.59 Å². The van der Waals surface area contributed by atoms with Gasteiger partial charge in [0.15, 0.2) is 0 Å². The Kier molecular flexibility index (Phi) is 4.20. The monoisotopic (exact) mass is 270 g/mol. The lowest BCUT2D eigenvalue weighted by molar-refractivity contribution is -0.150. The molecule has 1 aliphatic carbocycles. The maximum Gasteiger partial charge on any atom is 0.245 e. The van der Waals surface area contributed by atoms with E-state index in [1.54, 1.807) is 6.92 Å². The van der Waals surface area contributed by atoms with Crippen molar-refractivity contribution in [3.8, 4) is 0 Å². The van der Waals surface area contributed by atoms with Crippen LogP contribution in [0, 0.1) is 0 Å². The Morgan fingerprint density at radius 1 is 1.33 bits per heavy atom. The summed E-state index contributed by atoms with van der Waals surface area (Å²) in [5, 5.41) is 3.39. The molecule has 1 saturated heterocycles. The molecule has 0 spiro atoms. The normalized spacial score (nSPS) is 36.9. The van der Waals surface area contributed by atoms with Crippen LogP contribution in [0.25, 0.3) is 0 Å². The number of rotatable bonds is 3. The molecule has 2 aliphatic rings. The quantitative estimate of drug-likeness (QED) is 0.843. The van der Waals surface area contributed by atoms with Crippen LogP contribution in [-0.2, 0) is 9.59 Å². The standard InChI is InChI=1S/C13H22N2O2S/c1-4-18-11-6-5-10(7-11)15-9(3)12(16)14-8(2)13(15)17/h8-11H,4-7H2,1-3H3,(H,14,16). The molecule has 1 heterocycles. The Hall–Kier alpha value is -0.710. The van der Waals surface area contributed by atoms with Gasteiger partial charge in [0.2, 0.25) is 11.8 Å². The van der Waals surface area contributed by atoms with E-state index >= 15 is 0 Å². The summed E-state index contributed by atoms with van der Waals surface area (Å²) in [6.45, 7) is 5.77. The van der Waals surface area contributed by atoms with Crippen molar-refractivity contribution in [3.05, 3.63) is 0 Å². The van der Waals surface area contributed by atoms with Crippen molar-refractivity contribution in [1.82, 2.24) is 10.2 Å². The molecule has 0 aromatic rings. The first-order valence-corrected chi connectivity index (χ1v) is 7.83. The minimum atomic E-state index is -0.369. The van der Waals surface area contributed by atoms with Gasteiger partial charge in [0.25, 0.3) is 0 Å². The van der Waals surface area contributed by atoms with Crippen LogP contribution in [0.1, 0.15) is 40.0 Å².